The van der Waals surface area contributed by atoms with Crippen LogP contribution in [0.5, 0.6) is 5.75 Å². The van der Waals surface area contributed by atoms with Crippen molar-refractivity contribution in [3.8, 4) is 5.75 Å². The molecule has 1 aromatic rings. The number of benzene rings is 1. The van der Waals surface area contributed by atoms with Crippen LogP contribution in [0.1, 0.15) is 52.2 Å². The van der Waals surface area contributed by atoms with Crippen LogP contribution in [0.3, 0.4) is 0 Å². The third-order valence-electron chi connectivity index (χ3n) is 8.46. The molecule has 3 aliphatic heterocycles. The average Bonchev–Trinajstić information content (AvgIpc) is 3.64. The topological polar surface area (TPSA) is 156 Å². The number of aliphatic hydroxyl groups excluding tert-OH is 1. The first-order valence-corrected chi connectivity index (χ1v) is 14.3. The van der Waals surface area contributed by atoms with Crippen molar-refractivity contribution in [1.29, 1.82) is 0 Å². The first-order valence-electron chi connectivity index (χ1n) is 13.9. The highest BCUT2D eigenvalue weighted by atomic mass is 35.5. The number of hydrogen-bond acceptors (Lipinski definition) is 10. The van der Waals surface area contributed by atoms with Crippen LogP contribution in [-0.2, 0) is 28.5 Å². The smallest absolute Gasteiger partial charge is 0.409 e. The number of nitrogens with zero attached hydrogens (tertiary/aromatic N) is 1. The van der Waals surface area contributed by atoms with Gasteiger partial charge in [-0.2, -0.15) is 0 Å². The fourth-order valence-corrected chi connectivity index (χ4v) is 6.10. The lowest BCUT2D eigenvalue weighted by Gasteiger charge is -2.42. The van der Waals surface area contributed by atoms with Gasteiger partial charge in [-0.25, -0.2) is 4.79 Å². The van der Waals surface area contributed by atoms with Crippen LogP contribution in [0.15, 0.2) is 35.9 Å². The summed E-state index contributed by atoms with van der Waals surface area (Å²) in [7, 11) is 4.34. The molecule has 0 aliphatic carbocycles. The van der Waals surface area contributed by atoms with Crippen molar-refractivity contribution in [1.82, 2.24) is 5.32 Å². The number of alkyl carbamates (subject to hydrolysis) is 1. The molecule has 3 aliphatic rings. The second-order valence-electron chi connectivity index (χ2n) is 11.4. The van der Waals surface area contributed by atoms with Gasteiger partial charge in [0.2, 0.25) is 5.91 Å². The van der Waals surface area contributed by atoms with E-state index in [1.54, 1.807) is 51.1 Å². The van der Waals surface area contributed by atoms with Crippen molar-refractivity contribution in [3.63, 3.8) is 0 Å². The highest BCUT2D eigenvalue weighted by Crippen LogP contribution is 2.49. The van der Waals surface area contributed by atoms with Crippen LogP contribution in [-0.4, -0.2) is 85.2 Å². The minimum atomic E-state index is -1.83. The first-order chi connectivity index (χ1) is 20.1. The molecule has 4 bridgehead atoms. The average molecular weight is 623 g/mol. The Morgan fingerprint density at radius 3 is 2.58 bits per heavy atom. The zero-order valence-electron chi connectivity index (χ0n) is 25.3. The van der Waals surface area contributed by atoms with E-state index in [-0.39, 0.29) is 29.3 Å². The quantitative estimate of drug-likeness (QED) is 0.338. The SMILES string of the molecule is COc1cc2cc(c1Cl)N(C)C(=O)CC(OC(C)=O)C1(C)OC1C(C)C1CC(O)(NC(=O)O1)C(OC)/C=C/C=C(\C)[C@H]2O. The van der Waals surface area contributed by atoms with Crippen LogP contribution in [0.25, 0.3) is 0 Å². The Morgan fingerprint density at radius 2 is 1.95 bits per heavy atom. The van der Waals surface area contributed by atoms with E-state index in [1.807, 2.05) is 0 Å². The van der Waals surface area contributed by atoms with Gasteiger partial charge in [0.25, 0.3) is 0 Å². The molecule has 7 unspecified atom stereocenters. The summed E-state index contributed by atoms with van der Waals surface area (Å²) >= 11 is 6.61. The number of aliphatic hydroxyl groups is 2. The number of esters is 1. The monoisotopic (exact) mass is 622 g/mol. The second kappa shape index (κ2) is 12.4. The molecule has 236 valence electrons. The van der Waals surface area contributed by atoms with Crippen LogP contribution in [0.4, 0.5) is 10.5 Å². The highest BCUT2D eigenvalue weighted by molar-refractivity contribution is 6.35. The van der Waals surface area contributed by atoms with Gasteiger partial charge in [0.1, 0.15) is 40.8 Å². The Balaban J connectivity index is 1.82. The van der Waals surface area contributed by atoms with Crippen molar-refractivity contribution in [2.24, 2.45) is 5.92 Å². The summed E-state index contributed by atoms with van der Waals surface area (Å²) in [4.78, 5) is 39.7. The van der Waals surface area contributed by atoms with Crippen molar-refractivity contribution in [3.05, 3.63) is 46.5 Å². The Labute approximate surface area is 255 Å². The van der Waals surface area contributed by atoms with Gasteiger partial charge in [0, 0.05) is 33.4 Å². The number of carbonyl (C=O) groups excluding carboxylic acids is 3. The van der Waals surface area contributed by atoms with Gasteiger partial charge in [0.15, 0.2) is 5.72 Å². The molecule has 43 heavy (non-hydrogen) atoms. The van der Waals surface area contributed by atoms with Gasteiger partial charge in [-0.3, -0.25) is 14.9 Å². The number of methoxy groups -OCH3 is 2. The number of epoxide rings is 1. The summed E-state index contributed by atoms with van der Waals surface area (Å²) in [6, 6.07) is 3.16. The number of rotatable bonds is 3. The van der Waals surface area contributed by atoms with E-state index >= 15 is 0 Å². The first kappa shape index (κ1) is 32.7. The number of carbonyl (C=O) groups is 3. The number of anilines is 1. The molecule has 13 heteroatoms. The maximum Gasteiger partial charge on any atom is 0.409 e. The molecule has 0 saturated carbocycles. The summed E-state index contributed by atoms with van der Waals surface area (Å²) in [5.74, 6) is -1.27. The second-order valence-corrected chi connectivity index (χ2v) is 11.8. The number of hydrogen-bond donors (Lipinski definition) is 3. The maximum atomic E-state index is 13.6. The fraction of sp³-hybridized carbons (Fsp3) is 0.567. The Kier molecular flexibility index (Phi) is 9.48. The third-order valence-corrected chi connectivity index (χ3v) is 8.84. The predicted octanol–water partition coefficient (Wildman–Crippen LogP) is 3.18. The Hall–Kier alpha value is -3.16. The van der Waals surface area contributed by atoms with Gasteiger partial charge in [-0.15, -0.1) is 0 Å². The van der Waals surface area contributed by atoms with Gasteiger partial charge in [-0.1, -0.05) is 36.8 Å². The van der Waals surface area contributed by atoms with Crippen LogP contribution < -0.4 is 15.0 Å². The van der Waals surface area contributed by atoms with Crippen LogP contribution >= 0.6 is 11.6 Å². The van der Waals surface area contributed by atoms with E-state index in [9.17, 15) is 24.6 Å². The lowest BCUT2D eigenvalue weighted by atomic mass is 9.83. The molecule has 0 aromatic heterocycles. The number of nitrogens with one attached hydrogen (secondary N) is 1. The van der Waals surface area contributed by atoms with E-state index < -0.39 is 65.7 Å². The van der Waals surface area contributed by atoms with E-state index in [0.717, 1.165) is 0 Å². The van der Waals surface area contributed by atoms with E-state index in [0.29, 0.717) is 11.1 Å². The van der Waals surface area contributed by atoms with Crippen LogP contribution in [0.2, 0.25) is 5.02 Å². The standard InChI is InChI=1S/C30H39ClN2O10/c1-15-9-8-10-22(40-7)30(38)14-21(42-28(37)32-30)16(2)27-29(4,43-27)23(41-17(3)34)13-24(35)33(5)19-11-18(26(15)36)12-20(39-6)25(19)31/h8-12,16,21-23,26-27,36,38H,13-14H2,1-7H3,(H,32,37)/b10-8+,15-9+/t16?,21?,22?,23?,26-,27?,29?,30?/m1/s1. The number of halogens is 1. The molecule has 3 heterocycles. The predicted molar refractivity (Wildman–Crippen MR) is 156 cm³/mol. The molecule has 3 N–H and O–H groups in total. The highest BCUT2D eigenvalue weighted by Gasteiger charge is 2.64. The molecular weight excluding hydrogens is 584 g/mol. The fourth-order valence-electron chi connectivity index (χ4n) is 5.79. The van der Waals surface area contributed by atoms with Gasteiger partial charge >= 0.3 is 12.1 Å². The molecule has 8 atom stereocenters. The van der Waals surface area contributed by atoms with Gasteiger partial charge in [-0.05, 0) is 37.1 Å². The van der Waals surface area contributed by atoms with Crippen LogP contribution in [0, 0.1) is 5.92 Å². The molecule has 2 saturated heterocycles. The molecule has 4 rings (SSSR count). The molecular formula is C30H39ClN2O10. The summed E-state index contributed by atoms with van der Waals surface area (Å²) in [5.41, 5.74) is -1.73. The lowest BCUT2D eigenvalue weighted by molar-refractivity contribution is -0.151. The minimum absolute atomic E-state index is 0.0476. The van der Waals surface area contributed by atoms with E-state index in [4.69, 9.17) is 35.3 Å². The summed E-state index contributed by atoms with van der Waals surface area (Å²) in [6.45, 7) is 6.45. The van der Waals surface area contributed by atoms with Gasteiger partial charge in [0.05, 0.1) is 25.3 Å². The summed E-state index contributed by atoms with van der Waals surface area (Å²) in [5, 5.41) is 25.3. The summed E-state index contributed by atoms with van der Waals surface area (Å²) in [6.07, 6.45) is -0.825. The number of amides is 2. The molecule has 2 fully saturated rings. The number of fused-ring (bicyclic) bond motifs is 5. The number of ether oxygens (including phenoxy) is 5. The largest absolute Gasteiger partial charge is 0.495 e. The molecule has 0 radical (unpaired) electrons. The van der Waals surface area contributed by atoms with E-state index in [2.05, 4.69) is 5.32 Å². The maximum absolute atomic E-state index is 13.6. The molecule has 12 nitrogen and oxygen atoms in total. The minimum Gasteiger partial charge on any atom is -0.495 e. The van der Waals surface area contributed by atoms with Crippen molar-refractivity contribution >= 4 is 35.3 Å². The lowest BCUT2D eigenvalue weighted by Crippen LogP contribution is -2.63. The zero-order chi connectivity index (χ0) is 31.9. The van der Waals surface area contributed by atoms with Crippen molar-refractivity contribution < 1.29 is 48.3 Å². The van der Waals surface area contributed by atoms with Crippen molar-refractivity contribution in [2.75, 3.05) is 26.2 Å². The van der Waals surface area contributed by atoms with Crippen molar-refractivity contribution in [2.45, 2.75) is 82.4 Å². The molecule has 2 amide bonds. The normalized spacial score (nSPS) is 36.8. The van der Waals surface area contributed by atoms with E-state index in [1.165, 1.54) is 33.1 Å². The Bertz CT molecular complexity index is 1330. The zero-order valence-corrected chi connectivity index (χ0v) is 26.0. The number of allylic oxidation sites excluding steroid dienone is 2. The van der Waals surface area contributed by atoms with Gasteiger partial charge < -0.3 is 38.8 Å². The molecule has 0 spiro atoms. The summed E-state index contributed by atoms with van der Waals surface area (Å²) < 4.78 is 28.2. The third kappa shape index (κ3) is 6.53. The molecule has 1 aromatic carbocycles. The Morgan fingerprint density at radius 1 is 1.26 bits per heavy atom.